The highest BCUT2D eigenvalue weighted by Gasteiger charge is 2.31. The summed E-state index contributed by atoms with van der Waals surface area (Å²) in [5.74, 6) is 1.31. The number of halogens is 3. The van der Waals surface area contributed by atoms with Crippen LogP contribution in [0.3, 0.4) is 0 Å². The smallest absolute Gasteiger partial charge is 0.362 e. The fourth-order valence-electron chi connectivity index (χ4n) is 4.43. The van der Waals surface area contributed by atoms with Crippen LogP contribution in [-0.4, -0.2) is 84.7 Å². The predicted molar refractivity (Wildman–Crippen MR) is 121 cm³/mol. The number of likely N-dealkylation sites (tertiary alicyclic amines) is 1. The number of rotatable bonds is 5. The summed E-state index contributed by atoms with van der Waals surface area (Å²) in [6, 6.07) is 0.878. The summed E-state index contributed by atoms with van der Waals surface area (Å²) < 4.78 is 0. The van der Waals surface area contributed by atoms with Crippen LogP contribution in [0.25, 0.3) is 0 Å². The molecule has 3 heterocycles. The molecule has 0 spiro atoms. The Morgan fingerprint density at radius 2 is 1.66 bits per heavy atom. The molecule has 1 unspecified atom stereocenters. The number of hydrogen-bond acceptors (Lipinski definition) is 7. The maximum Gasteiger partial charge on any atom is 0.385 e. The van der Waals surface area contributed by atoms with E-state index in [2.05, 4.69) is 17.1 Å². The van der Waals surface area contributed by atoms with Gasteiger partial charge >= 0.3 is 5.97 Å². The van der Waals surface area contributed by atoms with Crippen molar-refractivity contribution in [2.75, 3.05) is 45.8 Å². The van der Waals surface area contributed by atoms with Crippen LogP contribution in [0.4, 0.5) is 0 Å². The van der Waals surface area contributed by atoms with Crippen LogP contribution >= 0.6 is 37.2 Å². The van der Waals surface area contributed by atoms with Crippen molar-refractivity contribution in [3.63, 3.8) is 0 Å². The summed E-state index contributed by atoms with van der Waals surface area (Å²) in [5.41, 5.74) is 0.0670. The summed E-state index contributed by atoms with van der Waals surface area (Å²) in [6.07, 6.45) is 6.46. The summed E-state index contributed by atoms with van der Waals surface area (Å²) in [7, 11) is 0. The number of piperidine rings is 2. The van der Waals surface area contributed by atoms with Crippen LogP contribution in [0, 0.1) is 0 Å². The molecule has 29 heavy (non-hydrogen) atoms. The first kappa shape index (κ1) is 28.5. The molecule has 3 aliphatic rings. The molecule has 0 aromatic carbocycles. The molecule has 3 aliphatic heterocycles. The van der Waals surface area contributed by atoms with Gasteiger partial charge in [0.1, 0.15) is 0 Å². The molecule has 0 bridgehead atoms. The van der Waals surface area contributed by atoms with Gasteiger partial charge in [-0.3, -0.25) is 4.90 Å². The van der Waals surface area contributed by atoms with Gasteiger partial charge in [-0.05, 0) is 51.6 Å². The first-order valence-corrected chi connectivity index (χ1v) is 10.2. The van der Waals surface area contributed by atoms with Gasteiger partial charge in [-0.2, -0.15) is 0 Å². The number of carbonyl (C=O) groups is 1. The lowest BCUT2D eigenvalue weighted by atomic mass is 9.99. The van der Waals surface area contributed by atoms with E-state index in [1.807, 2.05) is 10.8 Å². The number of piperazine rings is 1. The highest BCUT2D eigenvalue weighted by Crippen LogP contribution is 2.23. The van der Waals surface area contributed by atoms with Crippen molar-refractivity contribution in [2.45, 2.75) is 57.5 Å². The average Bonchev–Trinajstić information content (AvgIpc) is 2.70. The third-order valence-electron chi connectivity index (χ3n) is 5.99. The van der Waals surface area contributed by atoms with Gasteiger partial charge in [0.2, 0.25) is 5.70 Å². The van der Waals surface area contributed by atoms with Crippen molar-refractivity contribution >= 4 is 49.1 Å². The van der Waals surface area contributed by atoms with E-state index >= 15 is 0 Å². The number of hydroxylamine groups is 2. The van der Waals surface area contributed by atoms with E-state index in [1.165, 1.54) is 12.8 Å². The lowest BCUT2D eigenvalue weighted by Crippen LogP contribution is -2.53. The first-order valence-electron chi connectivity index (χ1n) is 10.2. The molecule has 7 nitrogen and oxygen atoms in total. The zero-order valence-corrected chi connectivity index (χ0v) is 19.6. The van der Waals surface area contributed by atoms with Gasteiger partial charge in [-0.15, -0.1) is 42.3 Å². The topological polar surface area (TPSA) is 65.1 Å². The molecule has 10 heteroatoms. The van der Waals surface area contributed by atoms with E-state index in [1.54, 1.807) is 5.06 Å². The molecule has 3 fully saturated rings. The minimum atomic E-state index is -0.546. The zero-order valence-electron chi connectivity index (χ0n) is 17.1. The fraction of sp³-hybridized carbons (Fsp3) is 0.842. The summed E-state index contributed by atoms with van der Waals surface area (Å²) in [4.78, 5) is 34.0. The monoisotopic (exact) mass is 472 g/mol. The highest BCUT2D eigenvalue weighted by atomic mass is 35.5. The second-order valence-corrected chi connectivity index (χ2v) is 7.53. The van der Waals surface area contributed by atoms with Crippen LogP contribution in [0.15, 0.2) is 5.70 Å². The maximum atomic E-state index is 12.6. The highest BCUT2D eigenvalue weighted by molar-refractivity contribution is 5.96. The molecule has 3 rings (SSSR count). The molecule has 170 valence electrons. The maximum absolute atomic E-state index is 12.6. The Bertz CT molecular complexity index is 535. The average molecular weight is 474 g/mol. The molecule has 0 aromatic rings. The van der Waals surface area contributed by atoms with Gasteiger partial charge in [0.05, 0.1) is 0 Å². The van der Waals surface area contributed by atoms with Crippen molar-refractivity contribution in [3.8, 4) is 0 Å². The van der Waals surface area contributed by atoms with E-state index < -0.39 is 5.97 Å². The van der Waals surface area contributed by atoms with Gasteiger partial charge < -0.3 is 15.1 Å². The van der Waals surface area contributed by atoms with Crippen LogP contribution in [0.2, 0.25) is 0 Å². The molecule has 0 aromatic heterocycles. The number of nitrogens with one attached hydrogen (secondary N) is 1. The second kappa shape index (κ2) is 14.5. The molecule has 0 amide bonds. The third-order valence-corrected chi connectivity index (χ3v) is 5.99. The van der Waals surface area contributed by atoms with E-state index in [0.29, 0.717) is 19.1 Å². The van der Waals surface area contributed by atoms with E-state index in [-0.39, 0.29) is 49.0 Å². The van der Waals surface area contributed by atoms with E-state index in [9.17, 15) is 9.59 Å². The van der Waals surface area contributed by atoms with Gasteiger partial charge in [0, 0.05) is 44.8 Å². The Labute approximate surface area is 192 Å². The lowest BCUT2D eigenvalue weighted by molar-refractivity contribution is -0.196. The first-order chi connectivity index (χ1) is 12.7. The van der Waals surface area contributed by atoms with Gasteiger partial charge in [0.25, 0.3) is 0 Å². The minimum absolute atomic E-state index is 0. The molecule has 0 radical (unpaired) electrons. The Morgan fingerprint density at radius 3 is 2.24 bits per heavy atom. The van der Waals surface area contributed by atoms with Gasteiger partial charge in [0.15, 0.2) is 5.94 Å². The van der Waals surface area contributed by atoms with Crippen LogP contribution in [0.5, 0.6) is 0 Å². The van der Waals surface area contributed by atoms with Crippen molar-refractivity contribution in [1.82, 2.24) is 20.2 Å². The second-order valence-electron chi connectivity index (χ2n) is 7.53. The third kappa shape index (κ3) is 7.59. The number of carbonyl (C=O) groups excluding carboxylic acids is 2. The molecule has 1 N–H and O–H groups in total. The largest absolute Gasteiger partial charge is 0.385 e. The van der Waals surface area contributed by atoms with Crippen molar-refractivity contribution in [2.24, 2.45) is 0 Å². The zero-order chi connectivity index (χ0) is 18.4. The quantitative estimate of drug-likeness (QED) is 0.484. The molecule has 3 saturated heterocycles. The summed E-state index contributed by atoms with van der Waals surface area (Å²) in [6.45, 7) is 8.19. The minimum Gasteiger partial charge on any atom is -0.362 e. The van der Waals surface area contributed by atoms with Crippen molar-refractivity contribution in [3.05, 3.63) is 5.70 Å². The van der Waals surface area contributed by atoms with Crippen LogP contribution in [0.1, 0.15) is 45.4 Å². The Balaban J connectivity index is 0.00000261. The van der Waals surface area contributed by atoms with Crippen LogP contribution in [-0.2, 0) is 14.4 Å². The Hall–Kier alpha value is -0.530. The number of nitrogens with zero attached hydrogens (tertiary/aromatic N) is 3. The Morgan fingerprint density at radius 1 is 1.00 bits per heavy atom. The van der Waals surface area contributed by atoms with Gasteiger partial charge in [-0.25, -0.2) is 9.59 Å². The van der Waals surface area contributed by atoms with E-state index in [4.69, 9.17) is 4.84 Å². The van der Waals surface area contributed by atoms with Crippen molar-refractivity contribution < 1.29 is 14.4 Å². The van der Waals surface area contributed by atoms with E-state index in [0.717, 1.165) is 58.4 Å². The van der Waals surface area contributed by atoms with Crippen molar-refractivity contribution in [1.29, 1.82) is 0 Å². The summed E-state index contributed by atoms with van der Waals surface area (Å²) >= 11 is 0. The summed E-state index contributed by atoms with van der Waals surface area (Å²) in [5, 5.41) is 5.11. The molecule has 1 atom stereocenters. The molecular formula is C19H35Cl3N4O3. The normalized spacial score (nSPS) is 23.6. The standard InChI is InChI=1S/C19H32N4O3.3ClH/c1-2-16-5-3-4-10-23(16)18(15-24)19(25)26-22-13-11-21(12-14-22)17-6-8-20-9-7-17;;;/h16-17,20H,2-14H2,1H3;3*1H. The lowest BCUT2D eigenvalue weighted by Gasteiger charge is -2.40. The van der Waals surface area contributed by atoms with Gasteiger partial charge in [-0.1, -0.05) is 6.92 Å². The Kier molecular flexibility index (Phi) is 14.2. The molecular weight excluding hydrogens is 439 g/mol. The SMILES string of the molecule is CCC1CCCCN1C(=C=O)C(=O)ON1CCN(C2CCNCC2)CC1.Cl.Cl.Cl. The van der Waals surface area contributed by atoms with Crippen LogP contribution < -0.4 is 5.32 Å². The number of hydrogen-bond donors (Lipinski definition) is 1. The predicted octanol–water partition coefficient (Wildman–Crippen LogP) is 2.06. The molecule has 0 aliphatic carbocycles. The molecule has 0 saturated carbocycles. The fourth-order valence-corrected chi connectivity index (χ4v) is 4.43.